The highest BCUT2D eigenvalue weighted by Gasteiger charge is 2.23. The van der Waals surface area contributed by atoms with Crippen LogP contribution in [0.5, 0.6) is 0 Å². The highest BCUT2D eigenvalue weighted by atomic mass is 32.2. The van der Waals surface area contributed by atoms with E-state index in [9.17, 15) is 9.18 Å². The Labute approximate surface area is 132 Å². The summed E-state index contributed by atoms with van der Waals surface area (Å²) in [5.41, 5.74) is 0.315. The van der Waals surface area contributed by atoms with Gasteiger partial charge in [0, 0.05) is 5.41 Å². The highest BCUT2D eigenvalue weighted by molar-refractivity contribution is 7.98. The molecule has 0 atom stereocenters. The number of thioether (sulfide) groups is 1. The molecule has 0 fully saturated rings. The van der Waals surface area contributed by atoms with E-state index in [0.717, 1.165) is 0 Å². The SMILES string of the molecule is CSc1nnc(C(C)(C)C)c(=O)n1/N=C/c1ccc(F)cc1. The normalized spacial score (nSPS) is 12.0. The topological polar surface area (TPSA) is 60.1 Å². The van der Waals surface area contributed by atoms with Gasteiger partial charge in [-0.15, -0.1) is 10.2 Å². The first-order valence-corrected chi connectivity index (χ1v) is 7.89. The molecule has 0 saturated heterocycles. The van der Waals surface area contributed by atoms with Crippen molar-refractivity contribution in [1.82, 2.24) is 14.9 Å². The molecule has 0 aliphatic rings. The molecule has 2 aromatic rings. The number of hydrogen-bond acceptors (Lipinski definition) is 5. The van der Waals surface area contributed by atoms with Crippen LogP contribution < -0.4 is 5.56 Å². The fourth-order valence-corrected chi connectivity index (χ4v) is 2.16. The minimum Gasteiger partial charge on any atom is -0.265 e. The maximum absolute atomic E-state index is 12.9. The molecule has 0 N–H and O–H groups in total. The summed E-state index contributed by atoms with van der Waals surface area (Å²) in [6.07, 6.45) is 3.29. The van der Waals surface area contributed by atoms with Gasteiger partial charge < -0.3 is 0 Å². The van der Waals surface area contributed by atoms with E-state index in [2.05, 4.69) is 15.3 Å². The molecular weight excluding hydrogens is 303 g/mol. The Kier molecular flexibility index (Phi) is 4.75. The molecule has 0 aliphatic heterocycles. The van der Waals surface area contributed by atoms with Crippen molar-refractivity contribution in [3.63, 3.8) is 0 Å². The Bertz CT molecular complexity index is 748. The average molecular weight is 320 g/mol. The quantitative estimate of drug-likeness (QED) is 0.644. The Hall–Kier alpha value is -2.02. The molecule has 0 aliphatic carbocycles. The van der Waals surface area contributed by atoms with Crippen LogP contribution in [0.2, 0.25) is 0 Å². The first-order chi connectivity index (χ1) is 10.3. The summed E-state index contributed by atoms with van der Waals surface area (Å²) in [6.45, 7) is 5.68. The smallest absolute Gasteiger partial charge is 0.265 e. The predicted octanol–water partition coefficient (Wildman–Crippen LogP) is 2.68. The second-order valence-corrected chi connectivity index (χ2v) is 6.47. The summed E-state index contributed by atoms with van der Waals surface area (Å²) in [6, 6.07) is 5.85. The Morgan fingerprint density at radius 3 is 2.41 bits per heavy atom. The number of rotatable bonds is 3. The van der Waals surface area contributed by atoms with Gasteiger partial charge in [0.2, 0.25) is 5.16 Å². The lowest BCUT2D eigenvalue weighted by molar-refractivity contribution is 0.510. The molecule has 1 aromatic carbocycles. The van der Waals surface area contributed by atoms with Crippen LogP contribution in [0.4, 0.5) is 4.39 Å². The molecule has 1 heterocycles. The maximum atomic E-state index is 12.9. The molecule has 0 radical (unpaired) electrons. The number of aromatic nitrogens is 3. The molecule has 116 valence electrons. The van der Waals surface area contributed by atoms with E-state index in [0.29, 0.717) is 16.4 Å². The third-order valence-corrected chi connectivity index (χ3v) is 3.52. The molecule has 1 aromatic heterocycles. The van der Waals surface area contributed by atoms with Crippen LogP contribution in [-0.4, -0.2) is 27.3 Å². The maximum Gasteiger partial charge on any atom is 0.297 e. The average Bonchev–Trinajstić information content (AvgIpc) is 2.46. The van der Waals surface area contributed by atoms with Gasteiger partial charge in [0.15, 0.2) is 0 Å². The molecule has 0 bridgehead atoms. The number of hydrogen-bond donors (Lipinski definition) is 0. The second kappa shape index (κ2) is 6.39. The van der Waals surface area contributed by atoms with Gasteiger partial charge in [-0.2, -0.15) is 9.78 Å². The van der Waals surface area contributed by atoms with Gasteiger partial charge >= 0.3 is 0 Å². The minimum absolute atomic E-state index is 0.301. The van der Waals surface area contributed by atoms with Gasteiger partial charge in [0.25, 0.3) is 5.56 Å². The van der Waals surface area contributed by atoms with Crippen molar-refractivity contribution >= 4 is 18.0 Å². The third kappa shape index (κ3) is 3.59. The van der Waals surface area contributed by atoms with Crippen molar-refractivity contribution in [1.29, 1.82) is 0 Å². The van der Waals surface area contributed by atoms with Crippen LogP contribution in [0.15, 0.2) is 39.3 Å². The van der Waals surface area contributed by atoms with Crippen molar-refractivity contribution in [3.05, 3.63) is 51.7 Å². The number of halogens is 1. The summed E-state index contributed by atoms with van der Waals surface area (Å²) in [5, 5.41) is 12.7. The summed E-state index contributed by atoms with van der Waals surface area (Å²) in [7, 11) is 0. The molecule has 0 unspecified atom stereocenters. The van der Waals surface area contributed by atoms with Gasteiger partial charge in [-0.25, -0.2) is 4.39 Å². The Morgan fingerprint density at radius 2 is 1.86 bits per heavy atom. The first-order valence-electron chi connectivity index (χ1n) is 6.67. The monoisotopic (exact) mass is 320 g/mol. The third-order valence-electron chi connectivity index (χ3n) is 2.90. The van der Waals surface area contributed by atoms with E-state index >= 15 is 0 Å². The lowest BCUT2D eigenvalue weighted by atomic mass is 9.93. The fraction of sp³-hybridized carbons (Fsp3) is 0.333. The van der Waals surface area contributed by atoms with Crippen molar-refractivity contribution in [2.75, 3.05) is 6.26 Å². The minimum atomic E-state index is -0.422. The van der Waals surface area contributed by atoms with Gasteiger partial charge in [-0.3, -0.25) is 4.79 Å². The van der Waals surface area contributed by atoms with Gasteiger partial charge in [-0.05, 0) is 24.0 Å². The summed E-state index contributed by atoms with van der Waals surface area (Å²) < 4.78 is 14.1. The van der Waals surface area contributed by atoms with Crippen LogP contribution in [0.25, 0.3) is 0 Å². The zero-order chi connectivity index (χ0) is 16.3. The van der Waals surface area contributed by atoms with Gasteiger partial charge in [0.1, 0.15) is 11.5 Å². The summed E-state index contributed by atoms with van der Waals surface area (Å²) in [5.74, 6) is -0.320. The Morgan fingerprint density at radius 1 is 1.23 bits per heavy atom. The van der Waals surface area contributed by atoms with E-state index in [1.54, 1.807) is 18.4 Å². The molecule has 7 heteroatoms. The molecule has 22 heavy (non-hydrogen) atoms. The number of benzene rings is 1. The first kappa shape index (κ1) is 16.4. The van der Waals surface area contributed by atoms with E-state index in [-0.39, 0.29) is 11.4 Å². The predicted molar refractivity (Wildman–Crippen MR) is 86.2 cm³/mol. The van der Waals surface area contributed by atoms with Gasteiger partial charge in [-0.1, -0.05) is 44.7 Å². The van der Waals surface area contributed by atoms with Crippen LogP contribution >= 0.6 is 11.8 Å². The lowest BCUT2D eigenvalue weighted by Gasteiger charge is -2.16. The van der Waals surface area contributed by atoms with Crippen LogP contribution in [0, 0.1) is 5.82 Å². The molecule has 0 spiro atoms. The largest absolute Gasteiger partial charge is 0.297 e. The standard InChI is InChI=1S/C15H17FN4OS/c1-15(2,3)12-13(21)20(14(22-4)19-18-12)17-9-10-5-7-11(16)8-6-10/h5-9H,1-4H3/b17-9+. The van der Waals surface area contributed by atoms with E-state index in [4.69, 9.17) is 0 Å². The van der Waals surface area contributed by atoms with Crippen molar-refractivity contribution in [3.8, 4) is 0 Å². The van der Waals surface area contributed by atoms with Crippen LogP contribution in [0.3, 0.4) is 0 Å². The van der Waals surface area contributed by atoms with Crippen LogP contribution in [-0.2, 0) is 5.41 Å². The Balaban J connectivity index is 2.49. The molecular formula is C15H17FN4OS. The second-order valence-electron chi connectivity index (χ2n) is 5.70. The molecule has 0 amide bonds. The van der Waals surface area contributed by atoms with Crippen LogP contribution in [0.1, 0.15) is 32.0 Å². The van der Waals surface area contributed by atoms with Crippen molar-refractivity contribution < 1.29 is 4.39 Å². The van der Waals surface area contributed by atoms with E-state index in [1.807, 2.05) is 20.8 Å². The zero-order valence-corrected chi connectivity index (χ0v) is 13.7. The van der Waals surface area contributed by atoms with Crippen molar-refractivity contribution in [2.45, 2.75) is 31.3 Å². The van der Waals surface area contributed by atoms with Crippen molar-refractivity contribution in [2.24, 2.45) is 5.10 Å². The molecule has 0 saturated carbocycles. The molecule has 5 nitrogen and oxygen atoms in total. The summed E-state index contributed by atoms with van der Waals surface area (Å²) in [4.78, 5) is 12.5. The number of nitrogens with zero attached hydrogens (tertiary/aromatic N) is 4. The summed E-state index contributed by atoms with van der Waals surface area (Å²) >= 11 is 1.28. The fourth-order valence-electron chi connectivity index (χ4n) is 1.74. The van der Waals surface area contributed by atoms with E-state index < -0.39 is 5.41 Å². The zero-order valence-electron chi connectivity index (χ0n) is 12.9. The lowest BCUT2D eigenvalue weighted by Crippen LogP contribution is -2.32. The molecule has 2 rings (SSSR count). The highest BCUT2D eigenvalue weighted by Crippen LogP contribution is 2.17. The van der Waals surface area contributed by atoms with Gasteiger partial charge in [0.05, 0.1) is 6.21 Å². The van der Waals surface area contributed by atoms with E-state index in [1.165, 1.54) is 34.8 Å².